The summed E-state index contributed by atoms with van der Waals surface area (Å²) in [4.78, 5) is 11.3. The number of primary amides is 1. The Bertz CT molecular complexity index is 835. The van der Waals surface area contributed by atoms with E-state index in [0.717, 1.165) is 0 Å². The van der Waals surface area contributed by atoms with Crippen LogP contribution in [-0.4, -0.2) is 10.3 Å². The lowest BCUT2D eigenvalue weighted by Gasteiger charge is -2.15. The van der Waals surface area contributed by atoms with Gasteiger partial charge in [0.2, 0.25) is 0 Å². The van der Waals surface area contributed by atoms with Gasteiger partial charge in [-0.2, -0.15) is 43.9 Å². The molecule has 1 amide bonds. The monoisotopic (exact) mass is 423 g/mol. The summed E-state index contributed by atoms with van der Waals surface area (Å²) in [6, 6.07) is 0.327. The van der Waals surface area contributed by atoms with Crippen molar-refractivity contribution in [3.05, 3.63) is 40.6 Å². The molecule has 148 valence electrons. The SMILES string of the molecule is NC(=O)c1c(C(F)(F)F)nsc1Nc1cc(C(F)(F)F)cc(C(F)(F)F)c1. The number of anilines is 2. The fourth-order valence-corrected chi connectivity index (χ4v) is 2.79. The number of rotatable bonds is 3. The van der Waals surface area contributed by atoms with Gasteiger partial charge in [-0.05, 0) is 29.7 Å². The molecule has 0 saturated carbocycles. The molecule has 0 aliphatic heterocycles. The molecule has 2 rings (SSSR count). The second-order valence-corrected chi connectivity index (χ2v) is 5.79. The van der Waals surface area contributed by atoms with Crippen molar-refractivity contribution in [3.63, 3.8) is 0 Å². The Balaban J connectivity index is 2.58. The molecule has 0 aliphatic carbocycles. The number of hydrogen-bond acceptors (Lipinski definition) is 4. The zero-order valence-corrected chi connectivity index (χ0v) is 13.3. The summed E-state index contributed by atoms with van der Waals surface area (Å²) in [7, 11) is 0. The molecule has 0 fully saturated rings. The molecule has 1 heterocycles. The van der Waals surface area contributed by atoms with Crippen LogP contribution in [0.3, 0.4) is 0 Å². The van der Waals surface area contributed by atoms with Gasteiger partial charge in [0.1, 0.15) is 10.6 Å². The third-order valence-electron chi connectivity index (χ3n) is 3.05. The molecular weight excluding hydrogens is 417 g/mol. The molecule has 1 aromatic carbocycles. The quantitative estimate of drug-likeness (QED) is 0.680. The maximum atomic E-state index is 12.8. The van der Waals surface area contributed by atoms with Gasteiger partial charge >= 0.3 is 18.5 Å². The van der Waals surface area contributed by atoms with Crippen LogP contribution in [0.4, 0.5) is 50.2 Å². The van der Waals surface area contributed by atoms with Crippen molar-refractivity contribution >= 4 is 28.1 Å². The Hall–Kier alpha value is -2.51. The molecule has 1 aromatic heterocycles. The first-order valence-electron chi connectivity index (χ1n) is 6.54. The highest BCUT2D eigenvalue weighted by molar-refractivity contribution is 7.10. The van der Waals surface area contributed by atoms with E-state index in [1.807, 2.05) is 5.32 Å². The second kappa shape index (κ2) is 6.58. The van der Waals surface area contributed by atoms with Crippen LogP contribution in [0.1, 0.15) is 27.2 Å². The van der Waals surface area contributed by atoms with Crippen LogP contribution in [0.5, 0.6) is 0 Å². The minimum Gasteiger partial charge on any atom is -0.365 e. The Morgan fingerprint density at radius 1 is 0.889 bits per heavy atom. The number of nitrogens with zero attached hydrogens (tertiary/aromatic N) is 1. The Kier molecular flexibility index (Phi) is 5.07. The summed E-state index contributed by atoms with van der Waals surface area (Å²) in [5, 5.41) is 1.18. The van der Waals surface area contributed by atoms with E-state index in [0.29, 0.717) is 0 Å². The van der Waals surface area contributed by atoms with Crippen molar-refractivity contribution in [1.29, 1.82) is 0 Å². The zero-order chi connectivity index (χ0) is 20.8. The minimum atomic E-state index is -5.16. The number of alkyl halides is 9. The highest BCUT2D eigenvalue weighted by Gasteiger charge is 2.40. The lowest BCUT2D eigenvalue weighted by atomic mass is 10.1. The summed E-state index contributed by atoms with van der Waals surface area (Å²) in [5.41, 5.74) is -2.30. The molecular formula is C13H6F9N3OS. The van der Waals surface area contributed by atoms with Gasteiger partial charge in [0.05, 0.1) is 11.1 Å². The van der Waals surface area contributed by atoms with Crippen LogP contribution < -0.4 is 11.1 Å². The fraction of sp³-hybridized carbons (Fsp3) is 0.231. The first kappa shape index (κ1) is 20.8. The molecule has 3 N–H and O–H groups in total. The number of amides is 1. The summed E-state index contributed by atoms with van der Waals surface area (Å²) >= 11 is 0.00846. The first-order chi connectivity index (χ1) is 12.1. The maximum Gasteiger partial charge on any atom is 0.435 e. The number of carbonyl (C=O) groups excluding carboxylic acids is 1. The molecule has 4 nitrogen and oxygen atoms in total. The third kappa shape index (κ3) is 4.61. The molecule has 0 radical (unpaired) electrons. The van der Waals surface area contributed by atoms with Gasteiger partial charge in [-0.3, -0.25) is 4.79 Å². The van der Waals surface area contributed by atoms with Crippen molar-refractivity contribution < 1.29 is 44.3 Å². The molecule has 0 atom stereocenters. The zero-order valence-electron chi connectivity index (χ0n) is 12.5. The topological polar surface area (TPSA) is 68.0 Å². The summed E-state index contributed by atoms with van der Waals surface area (Å²) in [5.74, 6) is -1.61. The number of hydrogen-bond donors (Lipinski definition) is 2. The highest BCUT2D eigenvalue weighted by atomic mass is 32.1. The van der Waals surface area contributed by atoms with Crippen LogP contribution in [0.15, 0.2) is 18.2 Å². The Labute approximate surface area is 147 Å². The number of benzene rings is 1. The largest absolute Gasteiger partial charge is 0.435 e. The van der Waals surface area contributed by atoms with E-state index in [1.165, 1.54) is 0 Å². The Morgan fingerprint density at radius 3 is 1.74 bits per heavy atom. The van der Waals surface area contributed by atoms with Gasteiger partial charge in [-0.1, -0.05) is 0 Å². The standard InChI is InChI=1S/C13H6F9N3OS/c14-11(15,16)4-1-5(12(17,18)19)3-6(2-4)24-10-7(9(23)26)8(25-27-10)13(20,21)22/h1-3,24H,(H2,23,26). The van der Waals surface area contributed by atoms with E-state index in [1.54, 1.807) is 0 Å². The highest BCUT2D eigenvalue weighted by Crippen LogP contribution is 2.41. The molecule has 0 saturated heterocycles. The molecule has 14 heteroatoms. The number of carbonyl (C=O) groups is 1. The number of aromatic nitrogens is 1. The van der Waals surface area contributed by atoms with Crippen LogP contribution in [0.25, 0.3) is 0 Å². The van der Waals surface area contributed by atoms with Gasteiger partial charge in [0.25, 0.3) is 5.91 Å². The average molecular weight is 423 g/mol. The van der Waals surface area contributed by atoms with Crippen LogP contribution in [0.2, 0.25) is 0 Å². The van der Waals surface area contributed by atoms with Gasteiger partial charge in [0.15, 0.2) is 5.69 Å². The summed E-state index contributed by atoms with van der Waals surface area (Å²) in [6.07, 6.45) is -15.4. The van der Waals surface area contributed by atoms with Crippen molar-refractivity contribution in [2.45, 2.75) is 18.5 Å². The second-order valence-electron chi connectivity index (χ2n) is 5.02. The molecule has 2 aromatic rings. The van der Waals surface area contributed by atoms with Gasteiger partial charge in [-0.25, -0.2) is 0 Å². The van der Waals surface area contributed by atoms with E-state index in [2.05, 4.69) is 4.37 Å². The van der Waals surface area contributed by atoms with E-state index >= 15 is 0 Å². The lowest BCUT2D eigenvalue weighted by molar-refractivity contribution is -0.143. The van der Waals surface area contributed by atoms with Crippen LogP contribution in [0, 0.1) is 0 Å². The van der Waals surface area contributed by atoms with Gasteiger partial charge in [0, 0.05) is 5.69 Å². The van der Waals surface area contributed by atoms with E-state index in [4.69, 9.17) is 5.73 Å². The third-order valence-corrected chi connectivity index (χ3v) is 3.82. The van der Waals surface area contributed by atoms with E-state index in [9.17, 15) is 44.3 Å². The lowest BCUT2D eigenvalue weighted by Crippen LogP contribution is -2.19. The summed E-state index contributed by atoms with van der Waals surface area (Å²) < 4.78 is 118. The minimum absolute atomic E-state index is 0.00846. The summed E-state index contributed by atoms with van der Waals surface area (Å²) in [6.45, 7) is 0. The number of nitrogens with two attached hydrogens (primary N) is 1. The molecule has 0 spiro atoms. The van der Waals surface area contributed by atoms with Crippen LogP contribution >= 0.6 is 11.5 Å². The predicted molar refractivity (Wildman–Crippen MR) is 75.4 cm³/mol. The van der Waals surface area contributed by atoms with Crippen molar-refractivity contribution in [1.82, 2.24) is 4.37 Å². The number of nitrogens with one attached hydrogen (secondary N) is 1. The molecule has 0 bridgehead atoms. The smallest absolute Gasteiger partial charge is 0.365 e. The van der Waals surface area contributed by atoms with Crippen LogP contribution in [-0.2, 0) is 18.5 Å². The van der Waals surface area contributed by atoms with E-state index in [-0.39, 0.29) is 29.7 Å². The van der Waals surface area contributed by atoms with Gasteiger partial charge < -0.3 is 11.1 Å². The van der Waals surface area contributed by atoms with E-state index < -0.39 is 57.5 Å². The predicted octanol–water partition coefficient (Wildman–Crippen LogP) is 5.04. The molecule has 27 heavy (non-hydrogen) atoms. The molecule has 0 unspecified atom stereocenters. The molecule has 0 aliphatic rings. The van der Waals surface area contributed by atoms with Gasteiger partial charge in [-0.15, -0.1) is 0 Å². The Morgan fingerprint density at radius 2 is 1.37 bits per heavy atom. The normalized spacial score (nSPS) is 12.9. The average Bonchev–Trinajstić information content (AvgIpc) is 2.89. The van der Waals surface area contributed by atoms with Crippen molar-refractivity contribution in [3.8, 4) is 0 Å². The van der Waals surface area contributed by atoms with Crippen molar-refractivity contribution in [2.75, 3.05) is 5.32 Å². The fourth-order valence-electron chi connectivity index (χ4n) is 1.96. The van der Waals surface area contributed by atoms with Crippen molar-refractivity contribution in [2.24, 2.45) is 5.73 Å². The maximum absolute atomic E-state index is 12.8. The first-order valence-corrected chi connectivity index (χ1v) is 7.31. The number of halogens is 9.